The molecule has 0 amide bonds. The number of halogens is 2. The van der Waals surface area contributed by atoms with Crippen molar-refractivity contribution in [3.05, 3.63) is 58.9 Å². The highest BCUT2D eigenvalue weighted by Gasteiger charge is 2.10. The third-order valence-electron chi connectivity index (χ3n) is 3.20. The minimum Gasteiger partial charge on any atom is -0.454 e. The lowest BCUT2D eigenvalue weighted by Crippen LogP contribution is -2.19. The van der Waals surface area contributed by atoms with Crippen molar-refractivity contribution < 1.29 is 9.13 Å². The molecule has 0 fully saturated rings. The van der Waals surface area contributed by atoms with Gasteiger partial charge in [0.1, 0.15) is 5.75 Å². The fraction of sp³-hybridized carbons (Fsp3) is 0.294. The van der Waals surface area contributed by atoms with Crippen LogP contribution in [0, 0.1) is 5.82 Å². The fourth-order valence-corrected chi connectivity index (χ4v) is 2.10. The van der Waals surface area contributed by atoms with E-state index in [-0.39, 0.29) is 17.6 Å². The van der Waals surface area contributed by atoms with Gasteiger partial charge in [0.2, 0.25) is 0 Å². The Morgan fingerprint density at radius 3 is 2.52 bits per heavy atom. The summed E-state index contributed by atoms with van der Waals surface area (Å²) in [6.07, 6.45) is 1.05. The molecule has 112 valence electrons. The summed E-state index contributed by atoms with van der Waals surface area (Å²) in [5, 5.41) is 3.95. The molecule has 0 radical (unpaired) electrons. The number of hydrogen-bond acceptors (Lipinski definition) is 2. The van der Waals surface area contributed by atoms with Gasteiger partial charge in [0.15, 0.2) is 11.6 Å². The Morgan fingerprint density at radius 1 is 1.19 bits per heavy atom. The van der Waals surface area contributed by atoms with Crippen molar-refractivity contribution in [2.75, 3.05) is 6.54 Å². The Morgan fingerprint density at radius 2 is 1.90 bits per heavy atom. The van der Waals surface area contributed by atoms with E-state index in [9.17, 15) is 4.39 Å². The number of benzene rings is 2. The molecule has 0 heterocycles. The van der Waals surface area contributed by atoms with Gasteiger partial charge in [-0.3, -0.25) is 0 Å². The Kier molecular flexibility index (Phi) is 5.59. The summed E-state index contributed by atoms with van der Waals surface area (Å²) in [5.41, 5.74) is 0.907. The average Bonchev–Trinajstić information content (AvgIpc) is 2.49. The zero-order valence-electron chi connectivity index (χ0n) is 12.2. The van der Waals surface area contributed by atoms with Crippen LogP contribution >= 0.6 is 11.6 Å². The predicted molar refractivity (Wildman–Crippen MR) is 84.6 cm³/mol. The molecule has 1 atom stereocenters. The summed E-state index contributed by atoms with van der Waals surface area (Å²) in [4.78, 5) is 0. The summed E-state index contributed by atoms with van der Waals surface area (Å²) in [7, 11) is 0. The molecule has 4 heteroatoms. The molecule has 0 aliphatic heterocycles. The van der Waals surface area contributed by atoms with Crippen LogP contribution < -0.4 is 10.1 Å². The molecule has 0 aromatic heterocycles. The minimum atomic E-state index is -0.368. The van der Waals surface area contributed by atoms with E-state index < -0.39 is 0 Å². The zero-order valence-corrected chi connectivity index (χ0v) is 13.0. The zero-order chi connectivity index (χ0) is 15.2. The van der Waals surface area contributed by atoms with E-state index in [1.807, 2.05) is 13.0 Å². The second-order valence-corrected chi connectivity index (χ2v) is 5.36. The molecule has 21 heavy (non-hydrogen) atoms. The lowest BCUT2D eigenvalue weighted by atomic mass is 10.1. The highest BCUT2D eigenvalue weighted by atomic mass is 35.5. The van der Waals surface area contributed by atoms with Crippen molar-refractivity contribution in [3.63, 3.8) is 0 Å². The van der Waals surface area contributed by atoms with Crippen LogP contribution in [0.15, 0.2) is 42.5 Å². The summed E-state index contributed by atoms with van der Waals surface area (Å²) < 4.78 is 19.6. The Hall–Kier alpha value is -1.58. The quantitative estimate of drug-likeness (QED) is 0.778. The van der Waals surface area contributed by atoms with Gasteiger partial charge >= 0.3 is 0 Å². The Balaban J connectivity index is 2.10. The van der Waals surface area contributed by atoms with Crippen molar-refractivity contribution >= 4 is 11.6 Å². The van der Waals surface area contributed by atoms with Gasteiger partial charge in [0, 0.05) is 11.1 Å². The molecule has 1 N–H and O–H groups in total. The third kappa shape index (κ3) is 4.45. The molecule has 2 aromatic carbocycles. The van der Waals surface area contributed by atoms with Crippen LogP contribution in [-0.2, 0) is 0 Å². The van der Waals surface area contributed by atoms with Gasteiger partial charge in [0.25, 0.3) is 0 Å². The maximum Gasteiger partial charge on any atom is 0.166 e. The van der Waals surface area contributed by atoms with Gasteiger partial charge in [-0.15, -0.1) is 0 Å². The fourth-order valence-electron chi connectivity index (χ4n) is 1.98. The van der Waals surface area contributed by atoms with E-state index in [4.69, 9.17) is 16.3 Å². The molecule has 0 aliphatic rings. The van der Waals surface area contributed by atoms with Crippen LogP contribution in [0.1, 0.15) is 31.9 Å². The molecule has 0 saturated heterocycles. The Labute approximate surface area is 129 Å². The number of nitrogens with one attached hydrogen (secondary N) is 1. The Bertz CT molecular complexity index is 586. The lowest BCUT2D eigenvalue weighted by Gasteiger charge is -2.15. The summed E-state index contributed by atoms with van der Waals surface area (Å²) in [6.45, 7) is 5.03. The summed E-state index contributed by atoms with van der Waals surface area (Å²) >= 11 is 5.81. The molecule has 2 rings (SSSR count). The first-order valence-corrected chi connectivity index (χ1v) is 7.44. The molecule has 1 unspecified atom stereocenters. The van der Waals surface area contributed by atoms with E-state index in [1.165, 1.54) is 6.07 Å². The van der Waals surface area contributed by atoms with Gasteiger partial charge in [-0.25, -0.2) is 4.39 Å². The van der Waals surface area contributed by atoms with Crippen LogP contribution in [0.25, 0.3) is 0 Å². The van der Waals surface area contributed by atoms with Crippen molar-refractivity contribution in [1.29, 1.82) is 0 Å². The van der Waals surface area contributed by atoms with Gasteiger partial charge < -0.3 is 10.1 Å². The minimum absolute atomic E-state index is 0.115. The normalized spacial score (nSPS) is 12.2. The van der Waals surface area contributed by atoms with Crippen molar-refractivity contribution in [3.8, 4) is 11.5 Å². The highest BCUT2D eigenvalue weighted by Crippen LogP contribution is 2.27. The van der Waals surface area contributed by atoms with Crippen LogP contribution in [-0.4, -0.2) is 6.54 Å². The van der Waals surface area contributed by atoms with Gasteiger partial charge in [-0.05, 0) is 61.9 Å². The molecule has 2 nitrogen and oxygen atoms in total. The highest BCUT2D eigenvalue weighted by molar-refractivity contribution is 6.30. The SMILES string of the molecule is CCCNC(C)c1ccc(Oc2ccc(Cl)cc2)c(F)c1. The standard InChI is InChI=1S/C17H19ClFNO/c1-3-10-20-12(2)13-4-9-17(16(19)11-13)21-15-7-5-14(18)6-8-15/h4-9,11-12,20H,3,10H2,1-2H3. The largest absolute Gasteiger partial charge is 0.454 e. The summed E-state index contributed by atoms with van der Waals surface area (Å²) in [5.74, 6) is 0.402. The first-order valence-electron chi connectivity index (χ1n) is 7.06. The van der Waals surface area contributed by atoms with Crippen molar-refractivity contribution in [2.24, 2.45) is 0 Å². The number of rotatable bonds is 6. The maximum absolute atomic E-state index is 14.1. The summed E-state index contributed by atoms with van der Waals surface area (Å²) in [6, 6.07) is 12.0. The molecular formula is C17H19ClFNO. The second kappa shape index (κ2) is 7.43. The monoisotopic (exact) mass is 307 g/mol. The van der Waals surface area contributed by atoms with Crippen LogP contribution in [0.2, 0.25) is 5.02 Å². The molecule has 0 spiro atoms. The second-order valence-electron chi connectivity index (χ2n) is 4.92. The first-order chi connectivity index (χ1) is 10.1. The number of ether oxygens (including phenoxy) is 1. The van der Waals surface area contributed by atoms with E-state index >= 15 is 0 Å². The topological polar surface area (TPSA) is 21.3 Å². The van der Waals surface area contributed by atoms with E-state index in [0.717, 1.165) is 18.5 Å². The predicted octanol–water partition coefficient (Wildman–Crippen LogP) is 5.33. The molecular weight excluding hydrogens is 289 g/mol. The first kappa shape index (κ1) is 15.8. The van der Waals surface area contributed by atoms with E-state index in [1.54, 1.807) is 30.3 Å². The van der Waals surface area contributed by atoms with Crippen LogP contribution in [0.4, 0.5) is 4.39 Å². The molecule has 0 bridgehead atoms. The van der Waals surface area contributed by atoms with E-state index in [2.05, 4.69) is 12.2 Å². The van der Waals surface area contributed by atoms with Crippen molar-refractivity contribution in [1.82, 2.24) is 5.32 Å². The molecule has 0 aliphatic carbocycles. The van der Waals surface area contributed by atoms with Gasteiger partial charge in [0.05, 0.1) is 0 Å². The van der Waals surface area contributed by atoms with Crippen LogP contribution in [0.3, 0.4) is 0 Å². The smallest absolute Gasteiger partial charge is 0.166 e. The number of hydrogen-bond donors (Lipinski definition) is 1. The maximum atomic E-state index is 14.1. The lowest BCUT2D eigenvalue weighted by molar-refractivity contribution is 0.440. The molecule has 2 aromatic rings. The van der Waals surface area contributed by atoms with E-state index in [0.29, 0.717) is 10.8 Å². The van der Waals surface area contributed by atoms with Gasteiger partial charge in [-0.2, -0.15) is 0 Å². The molecule has 0 saturated carbocycles. The third-order valence-corrected chi connectivity index (χ3v) is 3.45. The van der Waals surface area contributed by atoms with Gasteiger partial charge in [-0.1, -0.05) is 24.6 Å². The van der Waals surface area contributed by atoms with Crippen molar-refractivity contribution in [2.45, 2.75) is 26.3 Å². The van der Waals surface area contributed by atoms with Crippen LogP contribution in [0.5, 0.6) is 11.5 Å². The average molecular weight is 308 g/mol.